The van der Waals surface area contributed by atoms with Crippen LogP contribution in [0.4, 0.5) is 5.69 Å². The molecule has 2 aromatic carbocycles. The van der Waals surface area contributed by atoms with Gasteiger partial charge < -0.3 is 14.8 Å². The highest BCUT2D eigenvalue weighted by Crippen LogP contribution is 2.17. The van der Waals surface area contributed by atoms with E-state index in [2.05, 4.69) is 27.9 Å². The predicted octanol–water partition coefficient (Wildman–Crippen LogP) is 3.49. The van der Waals surface area contributed by atoms with Gasteiger partial charge in [-0.25, -0.2) is 4.79 Å². The zero-order valence-electron chi connectivity index (χ0n) is 12.5. The van der Waals surface area contributed by atoms with Crippen LogP contribution in [0, 0.1) is 3.57 Å². The summed E-state index contributed by atoms with van der Waals surface area (Å²) in [5, 5.41) is 2.70. The Labute approximate surface area is 148 Å². The maximum Gasteiger partial charge on any atom is 0.338 e. The van der Waals surface area contributed by atoms with E-state index >= 15 is 0 Å². The van der Waals surface area contributed by atoms with Crippen molar-refractivity contribution in [2.24, 2.45) is 0 Å². The van der Waals surface area contributed by atoms with Crippen LogP contribution in [-0.2, 0) is 9.53 Å². The molecule has 0 radical (unpaired) electrons. The lowest BCUT2D eigenvalue weighted by molar-refractivity contribution is -0.119. The third kappa shape index (κ3) is 5.24. The number of nitrogens with one attached hydrogen (secondary N) is 1. The Balaban J connectivity index is 1.86. The van der Waals surface area contributed by atoms with E-state index in [4.69, 9.17) is 9.47 Å². The zero-order valence-corrected chi connectivity index (χ0v) is 14.7. The molecule has 5 nitrogen and oxygen atoms in total. The summed E-state index contributed by atoms with van der Waals surface area (Å²) in [6.07, 6.45) is 0. The number of esters is 1. The van der Waals surface area contributed by atoms with Crippen molar-refractivity contribution >= 4 is 40.2 Å². The van der Waals surface area contributed by atoms with E-state index < -0.39 is 5.97 Å². The van der Waals surface area contributed by atoms with Gasteiger partial charge in [0.1, 0.15) is 5.75 Å². The highest BCUT2D eigenvalue weighted by Gasteiger charge is 2.11. The maximum atomic E-state index is 11.9. The number of carbonyl (C=O) groups excluding carboxylic acids is 2. The van der Waals surface area contributed by atoms with Crippen molar-refractivity contribution in [3.63, 3.8) is 0 Å². The molecule has 1 N–H and O–H groups in total. The molecule has 0 saturated heterocycles. The van der Waals surface area contributed by atoms with E-state index in [0.717, 1.165) is 3.57 Å². The molecular formula is C17H16INO4. The summed E-state index contributed by atoms with van der Waals surface area (Å²) >= 11 is 2.12. The molecule has 0 saturated carbocycles. The van der Waals surface area contributed by atoms with E-state index in [-0.39, 0.29) is 12.5 Å². The summed E-state index contributed by atoms with van der Waals surface area (Å²) in [7, 11) is 0. The van der Waals surface area contributed by atoms with Gasteiger partial charge >= 0.3 is 5.97 Å². The summed E-state index contributed by atoms with van der Waals surface area (Å²) in [5.74, 6) is -0.250. The van der Waals surface area contributed by atoms with Gasteiger partial charge in [-0.15, -0.1) is 0 Å². The van der Waals surface area contributed by atoms with E-state index in [9.17, 15) is 9.59 Å². The molecule has 0 unspecified atom stereocenters. The van der Waals surface area contributed by atoms with Crippen molar-refractivity contribution in [1.29, 1.82) is 0 Å². The second kappa shape index (κ2) is 8.52. The number of para-hydroxylation sites is 1. The minimum absolute atomic E-state index is 0.336. The smallest absolute Gasteiger partial charge is 0.338 e. The van der Waals surface area contributed by atoms with Crippen LogP contribution in [0.2, 0.25) is 0 Å². The molecule has 0 aromatic heterocycles. The number of halogens is 1. The fourth-order valence-electron chi connectivity index (χ4n) is 1.82. The summed E-state index contributed by atoms with van der Waals surface area (Å²) < 4.78 is 11.2. The van der Waals surface area contributed by atoms with Crippen molar-refractivity contribution in [3.8, 4) is 5.75 Å². The highest BCUT2D eigenvalue weighted by molar-refractivity contribution is 14.1. The Hall–Kier alpha value is -2.09. The first kappa shape index (κ1) is 17.3. The van der Waals surface area contributed by atoms with Crippen molar-refractivity contribution < 1.29 is 19.1 Å². The fourth-order valence-corrected chi connectivity index (χ4v) is 2.34. The Bertz CT molecular complexity index is 685. The third-order valence-electron chi connectivity index (χ3n) is 2.88. The molecule has 23 heavy (non-hydrogen) atoms. The lowest BCUT2D eigenvalue weighted by Gasteiger charge is -2.08. The van der Waals surface area contributed by atoms with E-state index in [1.807, 2.05) is 25.1 Å². The molecule has 2 aromatic rings. The Morgan fingerprint density at radius 3 is 2.43 bits per heavy atom. The number of hydrogen-bond donors (Lipinski definition) is 1. The van der Waals surface area contributed by atoms with Gasteiger partial charge in [0.15, 0.2) is 6.61 Å². The lowest BCUT2D eigenvalue weighted by atomic mass is 10.2. The minimum Gasteiger partial charge on any atom is -0.494 e. The summed E-state index contributed by atoms with van der Waals surface area (Å²) in [6, 6.07) is 13.9. The number of rotatable bonds is 6. The highest BCUT2D eigenvalue weighted by atomic mass is 127. The molecule has 6 heteroatoms. The first-order chi connectivity index (χ1) is 11.1. The SMILES string of the molecule is CCOc1ccc(C(=O)OCC(=O)Nc2ccccc2I)cc1. The number of hydrogen-bond acceptors (Lipinski definition) is 4. The van der Waals surface area contributed by atoms with Crippen molar-refractivity contribution in [2.75, 3.05) is 18.5 Å². The van der Waals surface area contributed by atoms with Crippen molar-refractivity contribution in [2.45, 2.75) is 6.92 Å². The van der Waals surface area contributed by atoms with Crippen LogP contribution in [0.5, 0.6) is 5.75 Å². The van der Waals surface area contributed by atoms with Crippen LogP contribution in [0.25, 0.3) is 0 Å². The van der Waals surface area contributed by atoms with E-state index in [0.29, 0.717) is 23.6 Å². The monoisotopic (exact) mass is 425 g/mol. The molecule has 0 aliphatic rings. The van der Waals surface area contributed by atoms with Gasteiger partial charge in [0.05, 0.1) is 17.9 Å². The summed E-state index contributed by atoms with van der Waals surface area (Å²) in [4.78, 5) is 23.7. The van der Waals surface area contributed by atoms with E-state index in [1.165, 1.54) is 0 Å². The first-order valence-electron chi connectivity index (χ1n) is 7.04. The van der Waals surface area contributed by atoms with Crippen LogP contribution in [0.1, 0.15) is 17.3 Å². The van der Waals surface area contributed by atoms with Gasteiger partial charge in [0.25, 0.3) is 5.91 Å². The van der Waals surface area contributed by atoms with Crippen LogP contribution in [0.3, 0.4) is 0 Å². The maximum absolute atomic E-state index is 11.9. The van der Waals surface area contributed by atoms with Gasteiger partial charge in [-0.3, -0.25) is 4.79 Å². The average molecular weight is 425 g/mol. The normalized spacial score (nSPS) is 10.0. The average Bonchev–Trinajstić information content (AvgIpc) is 2.56. The molecular weight excluding hydrogens is 409 g/mol. The van der Waals surface area contributed by atoms with Crippen LogP contribution >= 0.6 is 22.6 Å². The number of anilines is 1. The van der Waals surface area contributed by atoms with Crippen LogP contribution in [-0.4, -0.2) is 25.1 Å². The van der Waals surface area contributed by atoms with Crippen molar-refractivity contribution in [1.82, 2.24) is 0 Å². The molecule has 0 aliphatic heterocycles. The standard InChI is InChI=1S/C17H16INO4/c1-2-22-13-9-7-12(8-10-13)17(21)23-11-16(20)19-15-6-4-3-5-14(15)18/h3-10H,2,11H2,1H3,(H,19,20). The topological polar surface area (TPSA) is 64.6 Å². The third-order valence-corrected chi connectivity index (χ3v) is 3.82. The largest absolute Gasteiger partial charge is 0.494 e. The van der Waals surface area contributed by atoms with Gasteiger partial charge in [0.2, 0.25) is 0 Å². The molecule has 2 rings (SSSR count). The van der Waals surface area contributed by atoms with Gasteiger partial charge in [-0.2, -0.15) is 0 Å². The minimum atomic E-state index is -0.550. The van der Waals surface area contributed by atoms with Gasteiger partial charge in [-0.1, -0.05) is 12.1 Å². The van der Waals surface area contributed by atoms with Crippen molar-refractivity contribution in [3.05, 3.63) is 57.7 Å². The number of ether oxygens (including phenoxy) is 2. The number of carbonyl (C=O) groups is 2. The Morgan fingerprint density at radius 2 is 1.78 bits per heavy atom. The Morgan fingerprint density at radius 1 is 1.09 bits per heavy atom. The second-order valence-corrected chi connectivity index (χ2v) is 5.72. The van der Waals surface area contributed by atoms with Crippen LogP contribution < -0.4 is 10.1 Å². The Kier molecular flexibility index (Phi) is 6.40. The van der Waals surface area contributed by atoms with Crippen LogP contribution in [0.15, 0.2) is 48.5 Å². The molecule has 0 spiro atoms. The first-order valence-corrected chi connectivity index (χ1v) is 8.12. The summed E-state index contributed by atoms with van der Waals surface area (Å²) in [5.41, 5.74) is 1.06. The molecule has 0 bridgehead atoms. The second-order valence-electron chi connectivity index (χ2n) is 4.56. The molecule has 1 amide bonds. The quantitative estimate of drug-likeness (QED) is 0.569. The molecule has 0 aliphatic carbocycles. The molecule has 0 atom stereocenters. The van der Waals surface area contributed by atoms with Gasteiger partial charge in [0, 0.05) is 3.57 Å². The molecule has 0 fully saturated rings. The zero-order chi connectivity index (χ0) is 16.7. The predicted molar refractivity (Wildman–Crippen MR) is 95.7 cm³/mol. The van der Waals surface area contributed by atoms with Gasteiger partial charge in [-0.05, 0) is 65.9 Å². The molecule has 0 heterocycles. The fraction of sp³-hybridized carbons (Fsp3) is 0.176. The molecule has 120 valence electrons. The summed E-state index contributed by atoms with van der Waals surface area (Å²) in [6.45, 7) is 2.11. The van der Waals surface area contributed by atoms with E-state index in [1.54, 1.807) is 30.3 Å². The number of amides is 1. The lowest BCUT2D eigenvalue weighted by Crippen LogP contribution is -2.21. The number of benzene rings is 2.